The summed E-state index contributed by atoms with van der Waals surface area (Å²) in [6.45, 7) is 4.98. The highest BCUT2D eigenvalue weighted by atomic mass is 35.5. The van der Waals surface area contributed by atoms with Crippen LogP contribution in [0.5, 0.6) is 5.75 Å². The number of benzene rings is 2. The van der Waals surface area contributed by atoms with Gasteiger partial charge in [0.05, 0.1) is 0 Å². The summed E-state index contributed by atoms with van der Waals surface area (Å²) in [6, 6.07) is 15.3. The quantitative estimate of drug-likeness (QED) is 0.758. The molecule has 3 nitrogen and oxygen atoms in total. The van der Waals surface area contributed by atoms with Crippen molar-refractivity contribution in [2.75, 3.05) is 19.6 Å². The molecule has 0 radical (unpaired) electrons. The number of nitrogens with zero attached hydrogens (tertiary/aromatic N) is 1. The number of nitrogens with one attached hydrogen (secondary N) is 1. The third-order valence-electron chi connectivity index (χ3n) is 5.49. The predicted molar refractivity (Wildman–Crippen MR) is 111 cm³/mol. The van der Waals surface area contributed by atoms with Crippen molar-refractivity contribution in [3.8, 4) is 5.75 Å². The van der Waals surface area contributed by atoms with Gasteiger partial charge in [-0.15, -0.1) is 24.8 Å². The molecule has 1 atom stereocenters. The number of rotatable bonds is 6. The van der Waals surface area contributed by atoms with E-state index in [9.17, 15) is 4.39 Å². The molecule has 6 heteroatoms. The SMILES string of the molecule is Cl.Cl.Fc1ccc(COc2ccccc2CNC2CN3CCC2CC3)cc1. The van der Waals surface area contributed by atoms with Crippen LogP contribution < -0.4 is 10.1 Å². The van der Waals surface area contributed by atoms with E-state index in [0.29, 0.717) is 12.6 Å². The van der Waals surface area contributed by atoms with E-state index in [1.807, 2.05) is 12.1 Å². The third-order valence-corrected chi connectivity index (χ3v) is 5.49. The minimum Gasteiger partial charge on any atom is -0.489 e. The Bertz CT molecular complexity index is 706. The van der Waals surface area contributed by atoms with E-state index in [2.05, 4.69) is 22.3 Å². The molecule has 0 aromatic heterocycles. The van der Waals surface area contributed by atoms with E-state index >= 15 is 0 Å². The summed E-state index contributed by atoms with van der Waals surface area (Å²) in [5.74, 6) is 1.50. The predicted octanol–water partition coefficient (Wildman–Crippen LogP) is 4.43. The minimum absolute atomic E-state index is 0. The van der Waals surface area contributed by atoms with Crippen molar-refractivity contribution in [3.05, 3.63) is 65.5 Å². The number of halogens is 3. The molecule has 5 rings (SSSR count). The second kappa shape index (κ2) is 10.3. The number of hydrogen-bond donors (Lipinski definition) is 1. The lowest BCUT2D eigenvalue weighted by molar-refractivity contribution is 0.0718. The number of piperidine rings is 3. The van der Waals surface area contributed by atoms with Gasteiger partial charge in [0.2, 0.25) is 0 Å². The summed E-state index contributed by atoms with van der Waals surface area (Å²) < 4.78 is 19.0. The number of hydrogen-bond acceptors (Lipinski definition) is 3. The highest BCUT2D eigenvalue weighted by molar-refractivity contribution is 5.85. The van der Waals surface area contributed by atoms with E-state index in [-0.39, 0.29) is 30.6 Å². The molecule has 0 amide bonds. The van der Waals surface area contributed by atoms with E-state index in [1.165, 1.54) is 50.2 Å². The normalized spacial score (nSPS) is 23.2. The molecular formula is C21H27Cl2FN2O. The molecule has 3 heterocycles. The van der Waals surface area contributed by atoms with Crippen LogP contribution in [0.1, 0.15) is 24.0 Å². The lowest BCUT2D eigenvalue weighted by Gasteiger charge is -2.45. The Hall–Kier alpha value is -1.33. The molecule has 0 aliphatic carbocycles. The Morgan fingerprint density at radius 1 is 1.00 bits per heavy atom. The zero-order valence-electron chi connectivity index (χ0n) is 15.3. The van der Waals surface area contributed by atoms with Gasteiger partial charge in [-0.25, -0.2) is 4.39 Å². The molecule has 3 aliphatic rings. The fourth-order valence-corrected chi connectivity index (χ4v) is 3.97. The molecule has 1 N–H and O–H groups in total. The first-order valence-electron chi connectivity index (χ1n) is 9.19. The molecule has 2 aromatic carbocycles. The second-order valence-corrected chi connectivity index (χ2v) is 7.15. The van der Waals surface area contributed by atoms with Gasteiger partial charge in [0, 0.05) is 24.7 Å². The fraction of sp³-hybridized carbons (Fsp3) is 0.429. The van der Waals surface area contributed by atoms with Crippen LogP contribution >= 0.6 is 24.8 Å². The third kappa shape index (κ3) is 5.58. The minimum atomic E-state index is -0.217. The molecule has 148 valence electrons. The maximum Gasteiger partial charge on any atom is 0.124 e. The van der Waals surface area contributed by atoms with Crippen LogP contribution in [-0.4, -0.2) is 30.6 Å². The number of fused-ring (bicyclic) bond motifs is 3. The molecule has 3 fully saturated rings. The van der Waals surface area contributed by atoms with Gasteiger partial charge in [-0.3, -0.25) is 0 Å². The van der Waals surface area contributed by atoms with E-state index < -0.39 is 0 Å². The Morgan fingerprint density at radius 2 is 1.70 bits per heavy atom. The van der Waals surface area contributed by atoms with Crippen molar-refractivity contribution in [1.82, 2.24) is 10.2 Å². The Morgan fingerprint density at radius 3 is 2.37 bits per heavy atom. The van der Waals surface area contributed by atoms with Crippen molar-refractivity contribution in [1.29, 1.82) is 0 Å². The lowest BCUT2D eigenvalue weighted by Crippen LogP contribution is -2.55. The van der Waals surface area contributed by atoms with Gasteiger partial charge in [-0.1, -0.05) is 30.3 Å². The van der Waals surface area contributed by atoms with Crippen molar-refractivity contribution < 1.29 is 9.13 Å². The molecule has 0 saturated carbocycles. The second-order valence-electron chi connectivity index (χ2n) is 7.15. The van der Waals surface area contributed by atoms with E-state index in [4.69, 9.17) is 4.74 Å². The summed E-state index contributed by atoms with van der Waals surface area (Å²) >= 11 is 0. The van der Waals surface area contributed by atoms with Crippen molar-refractivity contribution in [2.45, 2.75) is 32.0 Å². The van der Waals surface area contributed by atoms with E-state index in [0.717, 1.165) is 23.8 Å². The first-order valence-corrected chi connectivity index (χ1v) is 9.19. The van der Waals surface area contributed by atoms with Gasteiger partial charge in [-0.2, -0.15) is 0 Å². The Labute approximate surface area is 173 Å². The molecule has 2 bridgehead atoms. The van der Waals surface area contributed by atoms with Gasteiger partial charge in [0.1, 0.15) is 18.2 Å². The molecule has 27 heavy (non-hydrogen) atoms. The standard InChI is InChI=1S/C21H25FN2O.2ClH/c22-19-7-5-16(6-8-19)15-25-21-4-2-1-3-18(21)13-23-20-14-24-11-9-17(20)10-12-24;;/h1-8,17,20,23H,9-15H2;2*1H. The van der Waals surface area contributed by atoms with Crippen molar-refractivity contribution in [3.63, 3.8) is 0 Å². The van der Waals surface area contributed by atoms with Crippen LogP contribution in [0.25, 0.3) is 0 Å². The highest BCUT2D eigenvalue weighted by Gasteiger charge is 2.33. The highest BCUT2D eigenvalue weighted by Crippen LogP contribution is 2.28. The van der Waals surface area contributed by atoms with Crippen molar-refractivity contribution in [2.24, 2.45) is 5.92 Å². The van der Waals surface area contributed by atoms with E-state index in [1.54, 1.807) is 12.1 Å². The largest absolute Gasteiger partial charge is 0.489 e. The summed E-state index contributed by atoms with van der Waals surface area (Å²) in [4.78, 5) is 2.56. The van der Waals surface area contributed by atoms with Crippen LogP contribution in [0.2, 0.25) is 0 Å². The summed E-state index contributed by atoms with van der Waals surface area (Å²) in [6.07, 6.45) is 2.64. The monoisotopic (exact) mass is 412 g/mol. The zero-order valence-corrected chi connectivity index (χ0v) is 16.9. The average Bonchev–Trinajstić information content (AvgIpc) is 2.67. The van der Waals surface area contributed by atoms with Crippen LogP contribution in [0, 0.1) is 11.7 Å². The molecule has 3 saturated heterocycles. The van der Waals surface area contributed by atoms with Crippen LogP contribution in [0.4, 0.5) is 4.39 Å². The van der Waals surface area contributed by atoms with Gasteiger partial charge >= 0.3 is 0 Å². The van der Waals surface area contributed by atoms with Crippen molar-refractivity contribution >= 4 is 24.8 Å². The van der Waals surface area contributed by atoms with Gasteiger partial charge in [0.25, 0.3) is 0 Å². The maximum absolute atomic E-state index is 13.0. The Balaban J connectivity index is 0.00000131. The molecule has 0 spiro atoms. The topological polar surface area (TPSA) is 24.5 Å². The molecular weight excluding hydrogens is 386 g/mol. The van der Waals surface area contributed by atoms with Gasteiger partial charge in [0.15, 0.2) is 0 Å². The summed E-state index contributed by atoms with van der Waals surface area (Å²) in [5, 5.41) is 3.74. The fourth-order valence-electron chi connectivity index (χ4n) is 3.97. The Kier molecular flexibility index (Phi) is 8.36. The molecule has 1 unspecified atom stereocenters. The number of para-hydroxylation sites is 1. The van der Waals surface area contributed by atoms with Crippen LogP contribution in [0.15, 0.2) is 48.5 Å². The zero-order chi connectivity index (χ0) is 17.1. The lowest BCUT2D eigenvalue weighted by atomic mass is 9.84. The summed E-state index contributed by atoms with van der Waals surface area (Å²) in [5.41, 5.74) is 2.16. The summed E-state index contributed by atoms with van der Waals surface area (Å²) in [7, 11) is 0. The molecule has 3 aliphatic heterocycles. The van der Waals surface area contributed by atoms with Crippen LogP contribution in [-0.2, 0) is 13.2 Å². The maximum atomic E-state index is 13.0. The smallest absolute Gasteiger partial charge is 0.124 e. The first-order chi connectivity index (χ1) is 12.3. The number of ether oxygens (including phenoxy) is 1. The first kappa shape index (κ1) is 22.0. The van der Waals surface area contributed by atoms with Gasteiger partial charge < -0.3 is 15.0 Å². The molecule has 2 aromatic rings. The van der Waals surface area contributed by atoms with Gasteiger partial charge in [-0.05, 0) is 55.6 Å². The average molecular weight is 413 g/mol. The van der Waals surface area contributed by atoms with Crippen LogP contribution in [0.3, 0.4) is 0 Å².